The molecule has 2 rings (SSSR count). The highest BCUT2D eigenvalue weighted by Crippen LogP contribution is 2.17. The van der Waals surface area contributed by atoms with E-state index in [0.29, 0.717) is 17.2 Å². The van der Waals surface area contributed by atoms with Gasteiger partial charge in [0.2, 0.25) is 10.0 Å². The molecule has 114 valence electrons. The third-order valence-corrected chi connectivity index (χ3v) is 4.68. The van der Waals surface area contributed by atoms with Crippen molar-refractivity contribution < 1.29 is 12.8 Å². The van der Waals surface area contributed by atoms with E-state index < -0.39 is 10.0 Å². The van der Waals surface area contributed by atoms with Crippen molar-refractivity contribution in [3.8, 4) is 0 Å². The van der Waals surface area contributed by atoms with Gasteiger partial charge in [-0.05, 0) is 42.8 Å². The number of benzene rings is 1. The van der Waals surface area contributed by atoms with Gasteiger partial charge in [0.1, 0.15) is 5.76 Å². The molecule has 5 nitrogen and oxygen atoms in total. The first kappa shape index (κ1) is 15.8. The van der Waals surface area contributed by atoms with Gasteiger partial charge < -0.3 is 9.73 Å². The highest BCUT2D eigenvalue weighted by molar-refractivity contribution is 7.89. The lowest BCUT2D eigenvalue weighted by Crippen LogP contribution is -2.24. The number of nitrogens with one attached hydrogen (secondary N) is 2. The fourth-order valence-electron chi connectivity index (χ4n) is 1.97. The Bertz CT molecular complexity index is 679. The quantitative estimate of drug-likeness (QED) is 0.822. The van der Waals surface area contributed by atoms with E-state index in [4.69, 9.17) is 4.42 Å². The fourth-order valence-corrected chi connectivity index (χ4v) is 3.26. The van der Waals surface area contributed by atoms with Gasteiger partial charge in [-0.3, -0.25) is 0 Å². The lowest BCUT2D eigenvalue weighted by molar-refractivity contribution is 0.498. The highest BCUT2D eigenvalue weighted by atomic mass is 32.2. The van der Waals surface area contributed by atoms with Crippen LogP contribution in [0.3, 0.4) is 0 Å². The maximum atomic E-state index is 12.4. The van der Waals surface area contributed by atoms with Gasteiger partial charge in [0.05, 0.1) is 17.7 Å². The maximum absolute atomic E-state index is 12.4. The van der Waals surface area contributed by atoms with Crippen LogP contribution in [-0.4, -0.2) is 15.0 Å². The van der Waals surface area contributed by atoms with Gasteiger partial charge in [-0.2, -0.15) is 0 Å². The van der Waals surface area contributed by atoms with Crippen LogP contribution in [0.2, 0.25) is 0 Å². The third-order valence-electron chi connectivity index (χ3n) is 3.14. The molecule has 0 spiro atoms. The Morgan fingerprint density at radius 2 is 2.00 bits per heavy atom. The second-order valence-corrected chi connectivity index (χ2v) is 6.52. The predicted molar refractivity (Wildman–Crippen MR) is 81.3 cm³/mol. The summed E-state index contributed by atoms with van der Waals surface area (Å²) < 4.78 is 32.5. The molecule has 1 aromatic heterocycles. The van der Waals surface area contributed by atoms with E-state index in [1.165, 1.54) is 6.26 Å². The molecule has 21 heavy (non-hydrogen) atoms. The van der Waals surface area contributed by atoms with E-state index in [-0.39, 0.29) is 6.54 Å². The normalized spacial score (nSPS) is 11.7. The summed E-state index contributed by atoms with van der Waals surface area (Å²) in [4.78, 5) is 0.310. The van der Waals surface area contributed by atoms with Crippen LogP contribution < -0.4 is 10.0 Å². The third kappa shape index (κ3) is 4.17. The Balaban J connectivity index is 2.17. The Kier molecular flexibility index (Phi) is 5.17. The van der Waals surface area contributed by atoms with Crippen molar-refractivity contribution in [3.63, 3.8) is 0 Å². The first-order valence-electron chi connectivity index (χ1n) is 6.85. The molecule has 0 fully saturated rings. The molecule has 0 saturated carbocycles. The number of furan rings is 1. The standard InChI is InChI=1S/C15H20N2O3S/c1-3-16-10-13-7-6-12(2)15(9-13)21(18,19)17-11-14-5-4-8-20-14/h4-9,16-17H,3,10-11H2,1-2H3. The van der Waals surface area contributed by atoms with Crippen LogP contribution in [0.1, 0.15) is 23.8 Å². The molecule has 0 aliphatic heterocycles. The van der Waals surface area contributed by atoms with E-state index in [1.807, 2.05) is 19.1 Å². The zero-order valence-corrected chi connectivity index (χ0v) is 13.0. The molecule has 2 N–H and O–H groups in total. The zero-order chi connectivity index (χ0) is 15.3. The van der Waals surface area contributed by atoms with Crippen molar-refractivity contribution in [2.24, 2.45) is 0 Å². The van der Waals surface area contributed by atoms with E-state index in [0.717, 1.165) is 17.7 Å². The number of hydrogen-bond acceptors (Lipinski definition) is 4. The first-order chi connectivity index (χ1) is 10.0. The Morgan fingerprint density at radius 1 is 1.19 bits per heavy atom. The van der Waals surface area contributed by atoms with Crippen molar-refractivity contribution in [1.29, 1.82) is 0 Å². The molecule has 1 aromatic carbocycles. The number of hydrogen-bond donors (Lipinski definition) is 2. The molecule has 6 heteroatoms. The monoisotopic (exact) mass is 308 g/mol. The summed E-state index contributed by atoms with van der Waals surface area (Å²) in [6, 6.07) is 8.93. The summed E-state index contributed by atoms with van der Waals surface area (Å²) in [7, 11) is -3.55. The summed E-state index contributed by atoms with van der Waals surface area (Å²) in [5.74, 6) is 0.583. The molecule has 0 saturated heterocycles. The molecule has 2 aromatic rings. The summed E-state index contributed by atoms with van der Waals surface area (Å²) in [6.45, 7) is 5.44. The minimum Gasteiger partial charge on any atom is -0.468 e. The fraction of sp³-hybridized carbons (Fsp3) is 0.333. The van der Waals surface area contributed by atoms with Crippen LogP contribution in [0.5, 0.6) is 0 Å². The molecule has 1 heterocycles. The largest absolute Gasteiger partial charge is 0.468 e. The van der Waals surface area contributed by atoms with Gasteiger partial charge in [-0.1, -0.05) is 19.1 Å². The average molecular weight is 308 g/mol. The number of rotatable bonds is 7. The average Bonchev–Trinajstić information content (AvgIpc) is 2.97. The minimum atomic E-state index is -3.55. The van der Waals surface area contributed by atoms with Crippen molar-refractivity contribution >= 4 is 10.0 Å². The van der Waals surface area contributed by atoms with Crippen molar-refractivity contribution in [3.05, 3.63) is 53.5 Å². The second-order valence-electron chi connectivity index (χ2n) is 4.78. The van der Waals surface area contributed by atoms with Crippen LogP contribution in [0.4, 0.5) is 0 Å². The molecule has 0 aliphatic carbocycles. The van der Waals surface area contributed by atoms with Crippen LogP contribution in [0.25, 0.3) is 0 Å². The summed E-state index contributed by atoms with van der Waals surface area (Å²) in [5, 5.41) is 3.19. The minimum absolute atomic E-state index is 0.145. The topological polar surface area (TPSA) is 71.3 Å². The zero-order valence-electron chi connectivity index (χ0n) is 12.2. The lowest BCUT2D eigenvalue weighted by Gasteiger charge is -2.11. The number of sulfonamides is 1. The van der Waals surface area contributed by atoms with Crippen molar-refractivity contribution in [1.82, 2.24) is 10.0 Å². The molecular formula is C15H20N2O3S. The smallest absolute Gasteiger partial charge is 0.241 e. The van der Waals surface area contributed by atoms with Gasteiger partial charge >= 0.3 is 0 Å². The van der Waals surface area contributed by atoms with E-state index in [2.05, 4.69) is 10.0 Å². The molecular weight excluding hydrogens is 288 g/mol. The first-order valence-corrected chi connectivity index (χ1v) is 8.33. The Hall–Kier alpha value is -1.63. The van der Waals surface area contributed by atoms with E-state index >= 15 is 0 Å². The van der Waals surface area contributed by atoms with Gasteiger partial charge in [-0.15, -0.1) is 0 Å². The SMILES string of the molecule is CCNCc1ccc(C)c(S(=O)(=O)NCc2ccco2)c1. The molecule has 0 amide bonds. The van der Waals surface area contributed by atoms with Gasteiger partial charge in [0.15, 0.2) is 0 Å². The highest BCUT2D eigenvalue weighted by Gasteiger charge is 2.17. The van der Waals surface area contributed by atoms with Crippen molar-refractivity contribution in [2.45, 2.75) is 31.8 Å². The molecule has 0 atom stereocenters. The van der Waals surface area contributed by atoms with Crippen LogP contribution >= 0.6 is 0 Å². The Labute approximate surface area is 125 Å². The van der Waals surface area contributed by atoms with Crippen LogP contribution in [0.15, 0.2) is 45.9 Å². The van der Waals surface area contributed by atoms with Crippen LogP contribution in [-0.2, 0) is 23.1 Å². The second kappa shape index (κ2) is 6.89. The van der Waals surface area contributed by atoms with Gasteiger partial charge in [0.25, 0.3) is 0 Å². The summed E-state index contributed by atoms with van der Waals surface area (Å²) >= 11 is 0. The van der Waals surface area contributed by atoms with E-state index in [1.54, 1.807) is 25.1 Å². The summed E-state index contributed by atoms with van der Waals surface area (Å²) in [6.07, 6.45) is 1.52. The Morgan fingerprint density at radius 3 is 2.67 bits per heavy atom. The summed E-state index contributed by atoms with van der Waals surface area (Å²) in [5.41, 5.74) is 1.67. The van der Waals surface area contributed by atoms with Crippen LogP contribution in [0, 0.1) is 6.92 Å². The number of aryl methyl sites for hydroxylation is 1. The molecule has 0 unspecified atom stereocenters. The lowest BCUT2D eigenvalue weighted by atomic mass is 10.1. The van der Waals surface area contributed by atoms with E-state index in [9.17, 15) is 8.42 Å². The predicted octanol–water partition coefficient (Wildman–Crippen LogP) is 2.18. The van der Waals surface area contributed by atoms with Crippen molar-refractivity contribution in [2.75, 3.05) is 6.54 Å². The van der Waals surface area contributed by atoms with Gasteiger partial charge in [0, 0.05) is 6.54 Å². The molecule has 0 aliphatic rings. The maximum Gasteiger partial charge on any atom is 0.241 e. The molecule has 0 radical (unpaired) electrons. The molecule has 0 bridgehead atoms. The van der Waals surface area contributed by atoms with Gasteiger partial charge in [-0.25, -0.2) is 13.1 Å².